The topological polar surface area (TPSA) is 132 Å². The summed E-state index contributed by atoms with van der Waals surface area (Å²) in [5, 5.41) is 27.6. The SMILES string of the molecule is N#CC[C@]1(n2cc(-c3ncnc4[nH]ccc34)cn2)C[C@H](N2CCC(Nc3cc(CCO)cc(C(F)(F)F)n3)CC2)C1. The molecule has 0 radical (unpaired) electrons. The van der Waals surface area contributed by atoms with Gasteiger partial charge in [0.15, 0.2) is 0 Å². The van der Waals surface area contributed by atoms with Gasteiger partial charge in [-0.2, -0.15) is 23.5 Å². The summed E-state index contributed by atoms with van der Waals surface area (Å²) < 4.78 is 41.9. The number of hydrogen-bond acceptors (Lipinski definition) is 8. The predicted molar refractivity (Wildman–Crippen MR) is 145 cm³/mol. The zero-order chi connectivity index (χ0) is 28.6. The summed E-state index contributed by atoms with van der Waals surface area (Å²) in [6.07, 6.45) is 6.15. The van der Waals surface area contributed by atoms with Crippen molar-refractivity contribution in [3.05, 3.63) is 54.4 Å². The van der Waals surface area contributed by atoms with Crippen LogP contribution in [0.2, 0.25) is 0 Å². The molecule has 3 N–H and O–H groups in total. The van der Waals surface area contributed by atoms with Gasteiger partial charge >= 0.3 is 6.18 Å². The number of alkyl halides is 3. The van der Waals surface area contributed by atoms with Crippen LogP contribution in [0.5, 0.6) is 0 Å². The highest BCUT2D eigenvalue weighted by Crippen LogP contribution is 2.45. The van der Waals surface area contributed by atoms with Gasteiger partial charge in [-0.3, -0.25) is 4.68 Å². The molecule has 10 nitrogen and oxygen atoms in total. The fourth-order valence-electron chi connectivity index (χ4n) is 6.14. The van der Waals surface area contributed by atoms with Crippen LogP contribution in [-0.4, -0.2) is 71.5 Å². The Morgan fingerprint density at radius 1 is 1.20 bits per heavy atom. The van der Waals surface area contributed by atoms with Crippen LogP contribution in [0.3, 0.4) is 0 Å². The Labute approximate surface area is 234 Å². The lowest BCUT2D eigenvalue weighted by molar-refractivity contribution is -0.141. The molecular formula is C28H30F3N9O. The number of aromatic amines is 1. The van der Waals surface area contributed by atoms with Crippen molar-refractivity contribution in [2.75, 3.05) is 25.0 Å². The molecule has 0 aromatic carbocycles. The van der Waals surface area contributed by atoms with E-state index in [2.05, 4.69) is 41.3 Å². The Balaban J connectivity index is 1.09. The number of H-pyrrole nitrogens is 1. The number of anilines is 1. The molecule has 5 heterocycles. The largest absolute Gasteiger partial charge is 0.433 e. The van der Waals surface area contributed by atoms with Crippen molar-refractivity contribution < 1.29 is 18.3 Å². The number of halogens is 3. The molecule has 0 spiro atoms. The van der Waals surface area contributed by atoms with Crippen molar-refractivity contribution in [2.24, 2.45) is 0 Å². The minimum Gasteiger partial charge on any atom is -0.396 e. The number of hydrogen-bond donors (Lipinski definition) is 3. The van der Waals surface area contributed by atoms with Crippen LogP contribution < -0.4 is 5.32 Å². The molecule has 0 amide bonds. The van der Waals surface area contributed by atoms with E-state index in [-0.39, 0.29) is 30.4 Å². The van der Waals surface area contributed by atoms with Gasteiger partial charge < -0.3 is 20.3 Å². The van der Waals surface area contributed by atoms with Crippen molar-refractivity contribution in [3.8, 4) is 17.3 Å². The molecule has 1 aliphatic carbocycles. The fourth-order valence-corrected chi connectivity index (χ4v) is 6.14. The van der Waals surface area contributed by atoms with Gasteiger partial charge in [0.25, 0.3) is 0 Å². The number of fused-ring (bicyclic) bond motifs is 1. The van der Waals surface area contributed by atoms with E-state index >= 15 is 0 Å². The number of aliphatic hydroxyl groups excluding tert-OH is 1. The molecule has 214 valence electrons. The molecular weight excluding hydrogens is 535 g/mol. The van der Waals surface area contributed by atoms with Crippen LogP contribution in [0.4, 0.5) is 19.0 Å². The van der Waals surface area contributed by atoms with E-state index in [0.29, 0.717) is 18.0 Å². The number of nitrogens with zero attached hydrogens (tertiary/aromatic N) is 7. The summed E-state index contributed by atoms with van der Waals surface area (Å²) in [6.45, 7) is 1.36. The van der Waals surface area contributed by atoms with Gasteiger partial charge in [-0.15, -0.1) is 0 Å². The lowest BCUT2D eigenvalue weighted by atomic mass is 9.69. The van der Waals surface area contributed by atoms with Gasteiger partial charge in [0, 0.05) is 55.1 Å². The summed E-state index contributed by atoms with van der Waals surface area (Å²) >= 11 is 0. The quantitative estimate of drug-likeness (QED) is 0.291. The number of likely N-dealkylation sites (tertiary alicyclic amines) is 1. The first kappa shape index (κ1) is 27.2. The maximum absolute atomic E-state index is 13.3. The number of aromatic nitrogens is 6. The van der Waals surface area contributed by atoms with E-state index < -0.39 is 11.9 Å². The number of piperidine rings is 1. The Hall–Kier alpha value is -4.02. The molecule has 0 atom stereocenters. The minimum absolute atomic E-state index is 0.0000408. The van der Waals surface area contributed by atoms with Crippen LogP contribution in [0.25, 0.3) is 22.3 Å². The third kappa shape index (κ3) is 5.37. The normalized spacial score (nSPS) is 22.0. The lowest BCUT2D eigenvalue weighted by Gasteiger charge is -2.52. The van der Waals surface area contributed by atoms with Gasteiger partial charge in [-0.25, -0.2) is 15.0 Å². The fraction of sp³-hybridized carbons (Fsp3) is 0.464. The molecule has 4 aromatic heterocycles. The molecule has 2 fully saturated rings. The van der Waals surface area contributed by atoms with Gasteiger partial charge in [0.1, 0.15) is 23.5 Å². The summed E-state index contributed by atoms with van der Waals surface area (Å²) in [5.41, 5.74) is 1.48. The Morgan fingerprint density at radius 3 is 2.73 bits per heavy atom. The Bertz CT molecular complexity index is 1560. The molecule has 13 heteroatoms. The van der Waals surface area contributed by atoms with Crippen LogP contribution in [0.15, 0.2) is 43.1 Å². The molecule has 0 bridgehead atoms. The second-order valence-corrected chi connectivity index (χ2v) is 10.9. The first-order valence-corrected chi connectivity index (χ1v) is 13.7. The van der Waals surface area contributed by atoms with Crippen molar-refractivity contribution in [3.63, 3.8) is 0 Å². The number of nitrogens with one attached hydrogen (secondary N) is 2. The first-order chi connectivity index (χ1) is 19.8. The average molecular weight is 566 g/mol. The monoisotopic (exact) mass is 565 g/mol. The smallest absolute Gasteiger partial charge is 0.396 e. The standard InChI is InChI=1S/C28H30F3N9O/c29-28(30,31)23-11-18(4-10-41)12-24(38-23)37-20-2-8-39(9-3-20)21-13-27(14-21,5-6-32)40-16-19(15-36-40)25-22-1-7-33-26(22)35-17-34-25/h1,7,11-12,15-17,20-21,41H,2-5,8-10,13-14H2,(H,37,38)(H,33,34,35)/t21-,27-. The number of rotatable bonds is 8. The van der Waals surface area contributed by atoms with Crippen molar-refractivity contribution in [2.45, 2.75) is 62.3 Å². The number of pyridine rings is 1. The first-order valence-electron chi connectivity index (χ1n) is 13.7. The summed E-state index contributed by atoms with van der Waals surface area (Å²) in [4.78, 5) is 18.0. The van der Waals surface area contributed by atoms with Gasteiger partial charge in [0.05, 0.1) is 29.9 Å². The summed E-state index contributed by atoms with van der Waals surface area (Å²) in [5.74, 6) is 0.188. The molecule has 1 saturated carbocycles. The highest BCUT2D eigenvalue weighted by atomic mass is 19.4. The van der Waals surface area contributed by atoms with Crippen LogP contribution in [-0.2, 0) is 18.1 Å². The second-order valence-electron chi connectivity index (χ2n) is 10.9. The number of aliphatic hydroxyl groups is 1. The molecule has 1 saturated heterocycles. The molecule has 2 aliphatic rings. The molecule has 1 aliphatic heterocycles. The predicted octanol–water partition coefficient (Wildman–Crippen LogP) is 4.12. The van der Waals surface area contributed by atoms with E-state index in [4.69, 9.17) is 0 Å². The zero-order valence-electron chi connectivity index (χ0n) is 22.3. The highest BCUT2D eigenvalue weighted by Gasteiger charge is 2.49. The number of nitriles is 1. The third-order valence-corrected chi connectivity index (χ3v) is 8.31. The van der Waals surface area contributed by atoms with Gasteiger partial charge in [-0.1, -0.05) is 0 Å². The Kier molecular flexibility index (Phi) is 7.13. The van der Waals surface area contributed by atoms with Crippen LogP contribution in [0.1, 0.15) is 43.4 Å². The summed E-state index contributed by atoms with van der Waals surface area (Å²) in [6, 6.07) is 7.16. The van der Waals surface area contributed by atoms with Gasteiger partial charge in [-0.05, 0) is 55.9 Å². The summed E-state index contributed by atoms with van der Waals surface area (Å²) in [7, 11) is 0. The minimum atomic E-state index is -4.55. The van der Waals surface area contributed by atoms with Crippen LogP contribution >= 0.6 is 0 Å². The molecule has 41 heavy (non-hydrogen) atoms. The van der Waals surface area contributed by atoms with Crippen molar-refractivity contribution >= 4 is 16.9 Å². The maximum Gasteiger partial charge on any atom is 0.433 e. The Morgan fingerprint density at radius 2 is 2.00 bits per heavy atom. The zero-order valence-corrected chi connectivity index (χ0v) is 22.3. The van der Waals surface area contributed by atoms with Crippen molar-refractivity contribution in [1.29, 1.82) is 5.26 Å². The second kappa shape index (κ2) is 10.8. The third-order valence-electron chi connectivity index (χ3n) is 8.31. The van der Waals surface area contributed by atoms with Crippen LogP contribution in [0, 0.1) is 11.3 Å². The molecule has 4 aromatic rings. The highest BCUT2D eigenvalue weighted by molar-refractivity contribution is 5.90. The van der Waals surface area contributed by atoms with E-state index in [1.165, 1.54) is 6.33 Å². The van der Waals surface area contributed by atoms with E-state index in [0.717, 1.165) is 67.1 Å². The van der Waals surface area contributed by atoms with Crippen molar-refractivity contribution in [1.82, 2.24) is 34.6 Å². The molecule has 6 rings (SSSR count). The molecule has 0 unspecified atom stereocenters. The maximum atomic E-state index is 13.3. The van der Waals surface area contributed by atoms with E-state index in [1.54, 1.807) is 12.3 Å². The lowest BCUT2D eigenvalue weighted by Crippen LogP contribution is -2.58. The van der Waals surface area contributed by atoms with E-state index in [1.807, 2.05) is 23.1 Å². The van der Waals surface area contributed by atoms with Gasteiger partial charge in [0.2, 0.25) is 0 Å². The van der Waals surface area contributed by atoms with E-state index in [9.17, 15) is 23.5 Å². The average Bonchev–Trinajstić information content (AvgIpc) is 3.61.